The van der Waals surface area contributed by atoms with E-state index in [0.29, 0.717) is 74.6 Å². The molecule has 0 spiro atoms. The molecule has 0 unspecified atom stereocenters. The van der Waals surface area contributed by atoms with Gasteiger partial charge in [-0.3, -0.25) is 61.9 Å². The van der Waals surface area contributed by atoms with E-state index in [-0.39, 0.29) is 51.5 Å². The smallest absolute Gasteiger partial charge is 0.246 e. The van der Waals surface area contributed by atoms with Crippen LogP contribution < -0.4 is 43.0 Å². The molecule has 1 saturated heterocycles. The van der Waals surface area contributed by atoms with Crippen molar-refractivity contribution in [2.75, 3.05) is 6.54 Å². The first kappa shape index (κ1) is 66.4. The fraction of sp³-hybridized carbons (Fsp3) is 0.304. The van der Waals surface area contributed by atoms with Crippen molar-refractivity contribution >= 4 is 87.8 Å². The molecule has 1 aliphatic heterocycles. The predicted octanol–water partition coefficient (Wildman–Crippen LogP) is 2.70. The lowest BCUT2D eigenvalue weighted by Gasteiger charge is -2.30. The summed E-state index contributed by atoms with van der Waals surface area (Å²) in [5.41, 5.74) is 10.6. The zero-order valence-electron chi connectivity index (χ0n) is 51.7. The van der Waals surface area contributed by atoms with Crippen molar-refractivity contribution < 1.29 is 52.7 Å². The van der Waals surface area contributed by atoms with E-state index in [1.54, 1.807) is 160 Å². The van der Waals surface area contributed by atoms with Gasteiger partial charge in [0.05, 0.1) is 17.4 Å². The van der Waals surface area contributed by atoms with Gasteiger partial charge in [0.25, 0.3) is 0 Å². The highest BCUT2D eigenvalue weighted by molar-refractivity contribution is 5.99. The van der Waals surface area contributed by atoms with Crippen LogP contribution in [0.25, 0.3) is 21.8 Å². The van der Waals surface area contributed by atoms with Gasteiger partial charge in [-0.15, -0.1) is 0 Å². The highest BCUT2D eigenvalue weighted by atomic mass is 16.2. The maximum Gasteiger partial charge on any atom is 0.246 e. The molecule has 9 rings (SSSR count). The lowest BCUT2D eigenvalue weighted by Crippen LogP contribution is -2.61. The SMILES string of the molecule is CC(=O)N[C@H](Cc1cn(C=O)c2ccccc12)C(=O)N1CCC[C@H]1C(=O)N[C@@H](Cc1ccccc1)C(=O)N[C@@H](Cc1cnc[nH]1)C(=O)N[C@@H](Cc1ccccc1)C(=O)N[C@@H](Cc1ccccc1)C(=O)N[C@H](C(=O)N[C@@H](Cc1cn(C=O)c2ccccc12)C(N)=O)C(C)C. The Kier molecular flexibility index (Phi) is 22.2. The second kappa shape index (κ2) is 31.1. The third kappa shape index (κ3) is 17.1. The number of carbonyl (C=O) groups is 11. The van der Waals surface area contributed by atoms with Crippen molar-refractivity contribution in [3.05, 3.63) is 198 Å². The summed E-state index contributed by atoms with van der Waals surface area (Å²) in [5, 5.41) is 21.0. The Morgan fingerprint density at radius 2 is 0.957 bits per heavy atom. The van der Waals surface area contributed by atoms with Crippen LogP contribution in [0, 0.1) is 5.92 Å². The van der Waals surface area contributed by atoms with E-state index >= 15 is 9.59 Å². The number of nitrogens with zero attached hydrogens (tertiary/aromatic N) is 4. The third-order valence-corrected chi connectivity index (χ3v) is 16.5. The number of aromatic nitrogens is 4. The summed E-state index contributed by atoms with van der Waals surface area (Å²) in [6.45, 7) is 4.82. The minimum Gasteiger partial charge on any atom is -0.368 e. The van der Waals surface area contributed by atoms with Gasteiger partial charge in [0.2, 0.25) is 66.0 Å². The fourth-order valence-electron chi connectivity index (χ4n) is 11.8. The van der Waals surface area contributed by atoms with Gasteiger partial charge < -0.3 is 52.8 Å². The highest BCUT2D eigenvalue weighted by Gasteiger charge is 2.40. The Labute approximate surface area is 536 Å². The molecule has 1 fully saturated rings. The van der Waals surface area contributed by atoms with Gasteiger partial charge in [-0.05, 0) is 58.7 Å². The molecule has 8 aromatic rings. The summed E-state index contributed by atoms with van der Waals surface area (Å²) in [7, 11) is 0. The van der Waals surface area contributed by atoms with Crippen molar-refractivity contribution in [3.63, 3.8) is 0 Å². The van der Waals surface area contributed by atoms with Crippen LogP contribution in [-0.2, 0) is 91.3 Å². The lowest BCUT2D eigenvalue weighted by atomic mass is 9.99. The summed E-state index contributed by atoms with van der Waals surface area (Å²) >= 11 is 0. The first-order valence-corrected chi connectivity index (χ1v) is 30.7. The average molecular weight is 1260 g/mol. The average Bonchev–Trinajstić information content (AvgIpc) is 1.70. The molecule has 482 valence electrons. The van der Waals surface area contributed by atoms with Gasteiger partial charge in [0, 0.05) is 87.1 Å². The van der Waals surface area contributed by atoms with Gasteiger partial charge in [-0.2, -0.15) is 0 Å². The van der Waals surface area contributed by atoms with Crippen LogP contribution in [0.1, 0.15) is 67.1 Å². The van der Waals surface area contributed by atoms with Crippen LogP contribution in [0.5, 0.6) is 0 Å². The van der Waals surface area contributed by atoms with E-state index in [1.165, 1.54) is 33.5 Å². The number of amides is 9. The number of nitrogens with one attached hydrogen (secondary N) is 8. The van der Waals surface area contributed by atoms with E-state index in [2.05, 4.69) is 47.2 Å². The van der Waals surface area contributed by atoms with Gasteiger partial charge in [0.15, 0.2) is 0 Å². The summed E-state index contributed by atoms with van der Waals surface area (Å²) in [6.07, 6.45) is 7.44. The molecule has 3 aromatic heterocycles. The van der Waals surface area contributed by atoms with Gasteiger partial charge in [-0.25, -0.2) is 4.98 Å². The Morgan fingerprint density at radius 3 is 1.40 bits per heavy atom. The second-order valence-electron chi connectivity index (χ2n) is 23.5. The topological polar surface area (TPSA) is 340 Å². The van der Waals surface area contributed by atoms with Crippen molar-refractivity contribution in [1.82, 2.24) is 61.2 Å². The quantitative estimate of drug-likeness (QED) is 0.0294. The molecule has 8 atom stereocenters. The molecule has 5 aromatic carbocycles. The predicted molar refractivity (Wildman–Crippen MR) is 346 cm³/mol. The molecule has 1 aliphatic rings. The summed E-state index contributed by atoms with van der Waals surface area (Å²) < 4.78 is 2.75. The van der Waals surface area contributed by atoms with Crippen LogP contribution >= 0.6 is 0 Å². The van der Waals surface area contributed by atoms with E-state index in [9.17, 15) is 43.2 Å². The number of H-pyrrole nitrogens is 1. The molecule has 24 nitrogen and oxygen atoms in total. The molecule has 0 saturated carbocycles. The first-order valence-electron chi connectivity index (χ1n) is 30.7. The van der Waals surface area contributed by atoms with Crippen LogP contribution in [0.15, 0.2) is 164 Å². The molecule has 0 radical (unpaired) electrons. The molecule has 4 heterocycles. The van der Waals surface area contributed by atoms with Gasteiger partial charge in [0.1, 0.15) is 48.3 Å². The Morgan fingerprint density at radius 1 is 0.527 bits per heavy atom. The fourth-order valence-corrected chi connectivity index (χ4v) is 11.8. The number of para-hydroxylation sites is 2. The Balaban J connectivity index is 0.945. The molecule has 93 heavy (non-hydrogen) atoms. The number of aromatic amines is 1. The summed E-state index contributed by atoms with van der Waals surface area (Å²) in [6, 6.07) is 30.3. The maximum atomic E-state index is 15.0. The van der Waals surface area contributed by atoms with E-state index in [4.69, 9.17) is 5.73 Å². The van der Waals surface area contributed by atoms with Crippen LogP contribution in [0.3, 0.4) is 0 Å². The largest absolute Gasteiger partial charge is 0.368 e. The normalized spacial score (nSPS) is 15.1. The van der Waals surface area contributed by atoms with E-state index in [0.717, 1.165) is 0 Å². The van der Waals surface area contributed by atoms with Crippen molar-refractivity contribution in [3.8, 4) is 0 Å². The monoisotopic (exact) mass is 1260 g/mol. The number of nitrogens with two attached hydrogens (primary N) is 1. The number of hydrogen-bond acceptors (Lipinski definition) is 12. The molecule has 0 bridgehead atoms. The molecular formula is C69H75N13O11. The second-order valence-corrected chi connectivity index (χ2v) is 23.5. The van der Waals surface area contributed by atoms with Crippen LogP contribution in [0.2, 0.25) is 0 Å². The van der Waals surface area contributed by atoms with Crippen LogP contribution in [0.4, 0.5) is 0 Å². The van der Waals surface area contributed by atoms with Crippen molar-refractivity contribution in [2.24, 2.45) is 11.7 Å². The highest BCUT2D eigenvalue weighted by Crippen LogP contribution is 2.26. The summed E-state index contributed by atoms with van der Waals surface area (Å²) in [5.74, 6) is -7.06. The van der Waals surface area contributed by atoms with Gasteiger partial charge in [-0.1, -0.05) is 141 Å². The number of rotatable bonds is 30. The maximum absolute atomic E-state index is 15.0. The number of imidazole rings is 1. The molecule has 9 amide bonds. The zero-order valence-corrected chi connectivity index (χ0v) is 51.7. The number of benzene rings is 5. The van der Waals surface area contributed by atoms with Crippen molar-refractivity contribution in [1.29, 1.82) is 0 Å². The Hall–Kier alpha value is -11.0. The molecule has 0 aliphatic carbocycles. The minimum atomic E-state index is -1.44. The number of fused-ring (bicyclic) bond motifs is 2. The van der Waals surface area contributed by atoms with Crippen LogP contribution in [-0.4, -0.2) is 145 Å². The number of hydrogen-bond donors (Lipinski definition) is 9. The first-order chi connectivity index (χ1) is 44.9. The number of carbonyl (C=O) groups excluding carboxylic acids is 11. The van der Waals surface area contributed by atoms with E-state index in [1.807, 2.05) is 6.07 Å². The molecule has 24 heteroatoms. The number of likely N-dealkylation sites (tertiary alicyclic amines) is 1. The summed E-state index contributed by atoms with van der Waals surface area (Å²) in [4.78, 5) is 161. The third-order valence-electron chi connectivity index (χ3n) is 16.5. The minimum absolute atomic E-state index is 0.00280. The Bertz CT molecular complexity index is 3990. The number of primary amides is 1. The lowest BCUT2D eigenvalue weighted by molar-refractivity contribution is -0.142. The van der Waals surface area contributed by atoms with Gasteiger partial charge >= 0.3 is 0 Å². The molecule has 10 N–H and O–H groups in total. The standard InChI is InChI=1S/C69H75N13O11/c1-42(2)61(68(92)74-52(62(70)86)33-47-37-80(40-83)58-26-15-13-24-50(47)58)79-66(90)55(32-46-22-11-6-12-23-46)76-63(87)53(30-44-18-7-4-8-19-44)75-65(89)56(35-49-36-71-39-72-49)77-64(88)54(31-45-20-9-5-10-21-45)78-67(91)60-28-17-29-82(60)69(93)57(73-43(3)85)34-48-38-81(41-84)59-27-16-14-25-51(48)59/h4-16,18-27,36-42,52-57,60-61H,17,28-35H2,1-3H3,(H2,70,86)(H,71,72)(H,73,85)(H,74,92)(H,75,89)(H,76,87)(H,77,88)(H,78,91)(H,79,90)/t52-,53-,54-,55-,56-,57+,60-,61-/m0/s1. The van der Waals surface area contributed by atoms with E-state index < -0.39 is 107 Å². The zero-order chi connectivity index (χ0) is 66.1. The van der Waals surface area contributed by atoms with Crippen molar-refractivity contribution in [2.45, 2.75) is 120 Å². The molecular weight excluding hydrogens is 1190 g/mol.